The second-order valence-corrected chi connectivity index (χ2v) is 3.91. The summed E-state index contributed by atoms with van der Waals surface area (Å²) < 4.78 is 11.2. The molecule has 0 atom stereocenters. The van der Waals surface area contributed by atoms with Crippen molar-refractivity contribution in [3.05, 3.63) is 0 Å². The van der Waals surface area contributed by atoms with Gasteiger partial charge in [0.2, 0.25) is 0 Å². The predicted octanol–water partition coefficient (Wildman–Crippen LogP) is 1.83. The molecule has 1 saturated carbocycles. The number of nitriles is 1. The van der Waals surface area contributed by atoms with Crippen LogP contribution in [0, 0.1) is 17.2 Å². The monoisotopic (exact) mass is 181 g/mol. The molecule has 0 amide bonds. The highest BCUT2D eigenvalue weighted by atomic mass is 16.7. The number of ether oxygens (including phenoxy) is 2. The molecule has 1 aliphatic heterocycles. The maximum atomic E-state index is 8.56. The molecule has 2 fully saturated rings. The summed E-state index contributed by atoms with van der Waals surface area (Å²) in [6, 6.07) is 2.23. The zero-order chi connectivity index (χ0) is 9.15. The fraction of sp³-hybridized carbons (Fsp3) is 0.900. The Balaban J connectivity index is 1.85. The molecule has 2 aliphatic rings. The van der Waals surface area contributed by atoms with E-state index in [1.807, 2.05) is 0 Å². The van der Waals surface area contributed by atoms with E-state index in [2.05, 4.69) is 6.07 Å². The van der Waals surface area contributed by atoms with E-state index in [-0.39, 0.29) is 5.79 Å². The normalized spacial score (nSPS) is 27.6. The van der Waals surface area contributed by atoms with Crippen LogP contribution >= 0.6 is 0 Å². The fourth-order valence-electron chi connectivity index (χ4n) is 2.24. The van der Waals surface area contributed by atoms with Gasteiger partial charge in [0.05, 0.1) is 19.3 Å². The lowest BCUT2D eigenvalue weighted by molar-refractivity contribution is -0.182. The van der Waals surface area contributed by atoms with Gasteiger partial charge < -0.3 is 9.47 Å². The van der Waals surface area contributed by atoms with E-state index >= 15 is 0 Å². The average Bonchev–Trinajstić information content (AvgIpc) is 2.59. The molecule has 13 heavy (non-hydrogen) atoms. The van der Waals surface area contributed by atoms with Gasteiger partial charge in [-0.15, -0.1) is 0 Å². The smallest absolute Gasteiger partial charge is 0.168 e. The van der Waals surface area contributed by atoms with Gasteiger partial charge in [-0.1, -0.05) is 0 Å². The molecule has 0 N–H and O–H groups in total. The van der Waals surface area contributed by atoms with Crippen molar-refractivity contribution in [1.29, 1.82) is 5.26 Å². The van der Waals surface area contributed by atoms with Gasteiger partial charge >= 0.3 is 0 Å². The van der Waals surface area contributed by atoms with Crippen molar-refractivity contribution in [2.45, 2.75) is 37.9 Å². The van der Waals surface area contributed by atoms with Crippen LogP contribution in [-0.4, -0.2) is 19.0 Å². The molecule has 1 aliphatic carbocycles. The maximum absolute atomic E-state index is 8.56. The second-order valence-electron chi connectivity index (χ2n) is 3.91. The highest BCUT2D eigenvalue weighted by Crippen LogP contribution is 2.38. The SMILES string of the molecule is N#CCC1CCC2(CC1)OCCO2. The van der Waals surface area contributed by atoms with Crippen molar-refractivity contribution in [1.82, 2.24) is 0 Å². The quantitative estimate of drug-likeness (QED) is 0.619. The first-order valence-corrected chi connectivity index (χ1v) is 4.99. The molecule has 1 spiro atoms. The third kappa shape index (κ3) is 1.84. The second kappa shape index (κ2) is 3.65. The van der Waals surface area contributed by atoms with Gasteiger partial charge in [-0.25, -0.2) is 0 Å². The first kappa shape index (κ1) is 8.98. The predicted molar refractivity (Wildman–Crippen MR) is 46.8 cm³/mol. The van der Waals surface area contributed by atoms with Gasteiger partial charge in [-0.2, -0.15) is 5.26 Å². The molecule has 1 heterocycles. The summed E-state index contributed by atoms with van der Waals surface area (Å²) in [5, 5.41) is 8.56. The molecule has 1 saturated heterocycles. The fourth-order valence-corrected chi connectivity index (χ4v) is 2.24. The van der Waals surface area contributed by atoms with E-state index in [1.165, 1.54) is 0 Å². The molecule has 0 aromatic heterocycles. The van der Waals surface area contributed by atoms with Crippen molar-refractivity contribution >= 4 is 0 Å². The average molecular weight is 181 g/mol. The lowest BCUT2D eigenvalue weighted by Gasteiger charge is -2.34. The molecular formula is C10H15NO2. The van der Waals surface area contributed by atoms with E-state index in [0.717, 1.165) is 38.9 Å². The zero-order valence-electron chi connectivity index (χ0n) is 7.79. The summed E-state index contributed by atoms with van der Waals surface area (Å²) in [6.07, 6.45) is 4.79. The molecule has 0 radical (unpaired) electrons. The van der Waals surface area contributed by atoms with Crippen LogP contribution in [-0.2, 0) is 9.47 Å². The Morgan fingerprint density at radius 1 is 1.23 bits per heavy atom. The number of hydrogen-bond donors (Lipinski definition) is 0. The van der Waals surface area contributed by atoms with E-state index < -0.39 is 0 Å². The Hall–Kier alpha value is -0.590. The Kier molecular flexibility index (Phi) is 2.52. The van der Waals surface area contributed by atoms with E-state index in [1.54, 1.807) is 0 Å². The van der Waals surface area contributed by atoms with E-state index in [4.69, 9.17) is 14.7 Å². The maximum Gasteiger partial charge on any atom is 0.168 e. The van der Waals surface area contributed by atoms with Crippen molar-refractivity contribution in [2.75, 3.05) is 13.2 Å². The standard InChI is InChI=1S/C10H15NO2/c11-6-3-9-1-4-10(5-2-9)12-7-8-13-10/h9H,1-5,7-8H2. The Labute approximate surface area is 78.6 Å². The van der Waals surface area contributed by atoms with Gasteiger partial charge in [0.25, 0.3) is 0 Å². The van der Waals surface area contributed by atoms with Crippen molar-refractivity contribution in [3.8, 4) is 6.07 Å². The van der Waals surface area contributed by atoms with Crippen LogP contribution in [0.15, 0.2) is 0 Å². The van der Waals surface area contributed by atoms with Gasteiger partial charge in [0.1, 0.15) is 0 Å². The minimum atomic E-state index is -0.258. The minimum absolute atomic E-state index is 0.258. The van der Waals surface area contributed by atoms with E-state index in [0.29, 0.717) is 12.3 Å². The first-order valence-electron chi connectivity index (χ1n) is 4.99. The first-order chi connectivity index (χ1) is 6.35. The summed E-state index contributed by atoms with van der Waals surface area (Å²) >= 11 is 0. The molecule has 3 heteroatoms. The summed E-state index contributed by atoms with van der Waals surface area (Å²) in [7, 11) is 0. The number of nitrogens with zero attached hydrogens (tertiary/aromatic N) is 1. The highest BCUT2D eigenvalue weighted by Gasteiger charge is 2.39. The lowest BCUT2D eigenvalue weighted by atomic mass is 9.83. The van der Waals surface area contributed by atoms with Gasteiger partial charge in [-0.05, 0) is 18.8 Å². The van der Waals surface area contributed by atoms with Crippen molar-refractivity contribution < 1.29 is 9.47 Å². The third-order valence-electron chi connectivity index (χ3n) is 3.06. The van der Waals surface area contributed by atoms with Crippen LogP contribution in [0.5, 0.6) is 0 Å². The molecule has 3 nitrogen and oxygen atoms in total. The van der Waals surface area contributed by atoms with Gasteiger partial charge in [0, 0.05) is 19.3 Å². The van der Waals surface area contributed by atoms with Crippen LogP contribution in [0.4, 0.5) is 0 Å². The largest absolute Gasteiger partial charge is 0.348 e. The summed E-state index contributed by atoms with van der Waals surface area (Å²) in [5.74, 6) is 0.315. The van der Waals surface area contributed by atoms with Crippen LogP contribution in [0.1, 0.15) is 32.1 Å². The highest BCUT2D eigenvalue weighted by molar-refractivity contribution is 4.86. The van der Waals surface area contributed by atoms with Crippen LogP contribution < -0.4 is 0 Å². The molecule has 2 rings (SSSR count). The Morgan fingerprint density at radius 2 is 1.85 bits per heavy atom. The van der Waals surface area contributed by atoms with E-state index in [9.17, 15) is 0 Å². The van der Waals surface area contributed by atoms with Gasteiger partial charge in [-0.3, -0.25) is 0 Å². The molecular weight excluding hydrogens is 166 g/mol. The van der Waals surface area contributed by atoms with Crippen molar-refractivity contribution in [3.63, 3.8) is 0 Å². The Bertz CT molecular complexity index is 205. The summed E-state index contributed by atoms with van der Waals surface area (Å²) in [5.41, 5.74) is 0. The minimum Gasteiger partial charge on any atom is -0.348 e. The zero-order valence-corrected chi connectivity index (χ0v) is 7.79. The van der Waals surface area contributed by atoms with Crippen LogP contribution in [0.25, 0.3) is 0 Å². The molecule has 72 valence electrons. The third-order valence-corrected chi connectivity index (χ3v) is 3.06. The lowest BCUT2D eigenvalue weighted by Crippen LogP contribution is -2.35. The summed E-state index contributed by atoms with van der Waals surface area (Å²) in [6.45, 7) is 1.48. The summed E-state index contributed by atoms with van der Waals surface area (Å²) in [4.78, 5) is 0. The topological polar surface area (TPSA) is 42.2 Å². The van der Waals surface area contributed by atoms with Gasteiger partial charge in [0.15, 0.2) is 5.79 Å². The molecule has 0 aromatic rings. The number of hydrogen-bond acceptors (Lipinski definition) is 3. The molecule has 0 bridgehead atoms. The number of rotatable bonds is 1. The van der Waals surface area contributed by atoms with Crippen molar-refractivity contribution in [2.24, 2.45) is 5.92 Å². The Morgan fingerprint density at radius 3 is 2.38 bits per heavy atom. The van der Waals surface area contributed by atoms with Crippen LogP contribution in [0.2, 0.25) is 0 Å². The molecule has 0 unspecified atom stereocenters. The van der Waals surface area contributed by atoms with Crippen LogP contribution in [0.3, 0.4) is 0 Å². The molecule has 0 aromatic carbocycles.